The van der Waals surface area contributed by atoms with Crippen molar-refractivity contribution in [3.63, 3.8) is 0 Å². The zero-order valence-corrected chi connectivity index (χ0v) is 17.4. The first-order valence-electron chi connectivity index (χ1n) is 9.66. The molecule has 2 heterocycles. The largest absolute Gasteiger partial charge is 0.465 e. The van der Waals surface area contributed by atoms with Gasteiger partial charge in [-0.05, 0) is 30.3 Å². The number of para-hydroxylation sites is 1. The van der Waals surface area contributed by atoms with Gasteiger partial charge in [0.1, 0.15) is 17.0 Å². The molecule has 0 amide bonds. The van der Waals surface area contributed by atoms with Crippen molar-refractivity contribution in [2.75, 3.05) is 14.2 Å². The fraction of sp³-hybridized carbons (Fsp3) is 0.0833. The van der Waals surface area contributed by atoms with Gasteiger partial charge in [0, 0.05) is 17.8 Å². The number of hydrogen-bond acceptors (Lipinski definition) is 7. The topological polar surface area (TPSA) is 92.5 Å². The van der Waals surface area contributed by atoms with Crippen molar-refractivity contribution >= 4 is 11.9 Å². The quantitative estimate of drug-likeness (QED) is 0.422. The number of methoxy groups -OCH3 is 2. The van der Waals surface area contributed by atoms with Crippen LogP contribution in [0.15, 0.2) is 79.0 Å². The number of nitrogens with zero attached hydrogens (tertiary/aromatic N) is 3. The number of hydrogen-bond donors (Lipinski definition) is 0. The van der Waals surface area contributed by atoms with Crippen LogP contribution >= 0.6 is 0 Å². The van der Waals surface area contributed by atoms with Crippen LogP contribution in [0.4, 0.5) is 0 Å². The summed E-state index contributed by atoms with van der Waals surface area (Å²) < 4.78 is 17.1. The standard InChI is InChI=1S/C24H19N3O5/c1-30-23(28)20-21(16-9-8-12-18(15-16)32-19-13-6-7-14-25-19)26-27(22(20)24(29)31-2)17-10-4-3-5-11-17/h3-15H,1-2H3. The fourth-order valence-electron chi connectivity index (χ4n) is 3.19. The van der Waals surface area contributed by atoms with E-state index in [1.165, 1.54) is 18.9 Å². The lowest BCUT2D eigenvalue weighted by molar-refractivity contribution is 0.0549. The van der Waals surface area contributed by atoms with Crippen LogP contribution in [0.1, 0.15) is 20.8 Å². The lowest BCUT2D eigenvalue weighted by atomic mass is 10.1. The number of esters is 2. The highest BCUT2D eigenvalue weighted by Crippen LogP contribution is 2.32. The maximum Gasteiger partial charge on any atom is 0.357 e. The van der Waals surface area contributed by atoms with Gasteiger partial charge in [-0.1, -0.05) is 36.4 Å². The number of benzene rings is 2. The Balaban J connectivity index is 1.89. The highest BCUT2D eigenvalue weighted by atomic mass is 16.5. The monoisotopic (exact) mass is 429 g/mol. The summed E-state index contributed by atoms with van der Waals surface area (Å²) in [4.78, 5) is 29.6. The van der Waals surface area contributed by atoms with E-state index in [0.29, 0.717) is 22.9 Å². The van der Waals surface area contributed by atoms with E-state index in [4.69, 9.17) is 14.2 Å². The molecule has 0 spiro atoms. The molecule has 160 valence electrons. The minimum Gasteiger partial charge on any atom is -0.465 e. The van der Waals surface area contributed by atoms with Crippen LogP contribution < -0.4 is 4.74 Å². The normalized spacial score (nSPS) is 10.4. The highest BCUT2D eigenvalue weighted by molar-refractivity contribution is 6.06. The molecule has 8 nitrogen and oxygen atoms in total. The third-order valence-corrected chi connectivity index (χ3v) is 4.62. The van der Waals surface area contributed by atoms with E-state index in [1.807, 2.05) is 12.1 Å². The van der Waals surface area contributed by atoms with Gasteiger partial charge in [0.05, 0.1) is 19.9 Å². The first kappa shape index (κ1) is 20.8. The molecule has 2 aromatic heterocycles. The molecule has 0 unspecified atom stereocenters. The third-order valence-electron chi connectivity index (χ3n) is 4.62. The van der Waals surface area contributed by atoms with Gasteiger partial charge in [-0.25, -0.2) is 19.3 Å². The molecule has 4 rings (SSSR count). The van der Waals surface area contributed by atoms with E-state index in [9.17, 15) is 9.59 Å². The number of ether oxygens (including phenoxy) is 3. The minimum absolute atomic E-state index is 0.00168. The van der Waals surface area contributed by atoms with Gasteiger partial charge in [0.2, 0.25) is 5.88 Å². The Morgan fingerprint density at radius 2 is 1.59 bits per heavy atom. The summed E-state index contributed by atoms with van der Waals surface area (Å²) in [6.45, 7) is 0. The predicted octanol–water partition coefficient (Wildman–Crippen LogP) is 4.30. The molecule has 0 N–H and O–H groups in total. The van der Waals surface area contributed by atoms with E-state index in [0.717, 1.165) is 0 Å². The van der Waals surface area contributed by atoms with Crippen molar-refractivity contribution in [1.82, 2.24) is 14.8 Å². The van der Waals surface area contributed by atoms with Crippen molar-refractivity contribution in [2.24, 2.45) is 0 Å². The smallest absolute Gasteiger partial charge is 0.357 e. The number of carbonyl (C=O) groups is 2. The van der Waals surface area contributed by atoms with E-state index in [2.05, 4.69) is 10.1 Å². The minimum atomic E-state index is -0.714. The highest BCUT2D eigenvalue weighted by Gasteiger charge is 2.31. The first-order valence-corrected chi connectivity index (χ1v) is 9.66. The summed E-state index contributed by atoms with van der Waals surface area (Å²) in [5, 5.41) is 4.58. The number of rotatable bonds is 6. The molecule has 0 aliphatic carbocycles. The van der Waals surface area contributed by atoms with E-state index >= 15 is 0 Å². The Morgan fingerprint density at radius 3 is 2.28 bits per heavy atom. The van der Waals surface area contributed by atoms with Crippen LogP contribution in [0, 0.1) is 0 Å². The van der Waals surface area contributed by atoms with E-state index < -0.39 is 11.9 Å². The van der Waals surface area contributed by atoms with Crippen LogP contribution in [0.3, 0.4) is 0 Å². The second-order valence-corrected chi connectivity index (χ2v) is 6.60. The molecule has 32 heavy (non-hydrogen) atoms. The Bertz CT molecular complexity index is 1250. The average molecular weight is 429 g/mol. The molecular weight excluding hydrogens is 410 g/mol. The predicted molar refractivity (Wildman–Crippen MR) is 116 cm³/mol. The molecule has 0 saturated heterocycles. The lowest BCUT2D eigenvalue weighted by Crippen LogP contribution is -2.15. The number of aromatic nitrogens is 3. The van der Waals surface area contributed by atoms with Crippen LogP contribution in [-0.2, 0) is 9.47 Å². The van der Waals surface area contributed by atoms with Gasteiger partial charge in [0.25, 0.3) is 0 Å². The lowest BCUT2D eigenvalue weighted by Gasteiger charge is -2.07. The van der Waals surface area contributed by atoms with Gasteiger partial charge in [-0.15, -0.1) is 0 Å². The second kappa shape index (κ2) is 9.13. The van der Waals surface area contributed by atoms with Gasteiger partial charge in [-0.2, -0.15) is 5.10 Å². The van der Waals surface area contributed by atoms with Gasteiger partial charge in [0.15, 0.2) is 5.69 Å². The van der Waals surface area contributed by atoms with Crippen molar-refractivity contribution in [2.45, 2.75) is 0 Å². The van der Waals surface area contributed by atoms with Crippen LogP contribution in [-0.4, -0.2) is 40.9 Å². The zero-order valence-electron chi connectivity index (χ0n) is 17.4. The number of pyridine rings is 1. The molecule has 0 aliphatic rings. The molecule has 2 aromatic carbocycles. The Kier molecular flexibility index (Phi) is 5.94. The van der Waals surface area contributed by atoms with Gasteiger partial charge in [-0.3, -0.25) is 0 Å². The van der Waals surface area contributed by atoms with Crippen molar-refractivity contribution in [3.05, 3.63) is 90.3 Å². The molecule has 0 saturated carbocycles. The van der Waals surface area contributed by atoms with Crippen LogP contribution in [0.2, 0.25) is 0 Å². The average Bonchev–Trinajstić information content (AvgIpc) is 3.25. The molecule has 0 atom stereocenters. The van der Waals surface area contributed by atoms with Crippen LogP contribution in [0.5, 0.6) is 11.6 Å². The maximum atomic E-state index is 12.7. The number of carbonyl (C=O) groups excluding carboxylic acids is 2. The summed E-state index contributed by atoms with van der Waals surface area (Å²) in [5.74, 6) is -0.513. The van der Waals surface area contributed by atoms with Crippen molar-refractivity contribution in [1.29, 1.82) is 0 Å². The summed E-state index contributed by atoms with van der Waals surface area (Å²) >= 11 is 0. The molecule has 0 radical (unpaired) electrons. The first-order chi connectivity index (χ1) is 15.6. The summed E-state index contributed by atoms with van der Waals surface area (Å²) in [6.07, 6.45) is 1.62. The van der Waals surface area contributed by atoms with Crippen molar-refractivity contribution < 1.29 is 23.8 Å². The SMILES string of the molecule is COC(=O)c1c(-c2cccc(Oc3ccccn3)c2)nn(-c2ccccc2)c1C(=O)OC. The summed E-state index contributed by atoms with van der Waals surface area (Å²) in [7, 11) is 2.49. The molecule has 4 aromatic rings. The molecule has 0 bridgehead atoms. The zero-order chi connectivity index (χ0) is 22.5. The van der Waals surface area contributed by atoms with Crippen molar-refractivity contribution in [3.8, 4) is 28.6 Å². The molecule has 0 fully saturated rings. The van der Waals surface area contributed by atoms with Crippen LogP contribution in [0.25, 0.3) is 16.9 Å². The van der Waals surface area contributed by atoms with E-state index in [-0.39, 0.29) is 17.0 Å². The third kappa shape index (κ3) is 4.06. The summed E-state index contributed by atoms with van der Waals surface area (Å²) in [6, 6.07) is 21.3. The van der Waals surface area contributed by atoms with Gasteiger partial charge >= 0.3 is 11.9 Å². The van der Waals surface area contributed by atoms with E-state index in [1.54, 1.807) is 66.9 Å². The molecule has 8 heteroatoms. The Hall–Kier alpha value is -4.46. The van der Waals surface area contributed by atoms with Gasteiger partial charge < -0.3 is 14.2 Å². The summed E-state index contributed by atoms with van der Waals surface area (Å²) in [5.41, 5.74) is 1.37. The molecular formula is C24H19N3O5. The Labute approximate surface area is 184 Å². The molecule has 0 aliphatic heterocycles. The Morgan fingerprint density at radius 1 is 0.844 bits per heavy atom. The fourth-order valence-corrected chi connectivity index (χ4v) is 3.19. The maximum absolute atomic E-state index is 12.7. The second-order valence-electron chi connectivity index (χ2n) is 6.60.